The monoisotopic (exact) mass is 1370 g/mol. The lowest BCUT2D eigenvalue weighted by Crippen LogP contribution is -2.30. The van der Waals surface area contributed by atoms with Gasteiger partial charge in [-0.1, -0.05) is 36.4 Å². The highest BCUT2D eigenvalue weighted by Gasteiger charge is 2.42. The number of benzene rings is 7. The number of rotatable bonds is 17. The third kappa shape index (κ3) is 13.0. The van der Waals surface area contributed by atoms with Crippen molar-refractivity contribution in [3.63, 3.8) is 0 Å². The summed E-state index contributed by atoms with van der Waals surface area (Å²) in [5.41, 5.74) is -9.53. The molecule has 10 rings (SSSR count). The molecule has 0 fully saturated rings. The number of nitrogens with zero attached hydrogens (tertiary/aromatic N) is 3. The van der Waals surface area contributed by atoms with Gasteiger partial charge >= 0.3 is 50.3 Å². The van der Waals surface area contributed by atoms with E-state index in [1.807, 2.05) is 0 Å². The number of imide groups is 1. The molecule has 14 nitrogen and oxygen atoms in total. The van der Waals surface area contributed by atoms with E-state index in [0.717, 1.165) is 16.6 Å². The molecule has 2 aliphatic rings. The van der Waals surface area contributed by atoms with Crippen molar-refractivity contribution in [3.8, 4) is 62.1 Å². The molecule has 2 aliphatic heterocycles. The molecule has 28 heteroatoms. The summed E-state index contributed by atoms with van der Waals surface area (Å²) in [4.78, 5) is 74.6. The zero-order chi connectivity index (χ0) is 71.6. The minimum absolute atomic E-state index is 0.0124. The van der Waals surface area contributed by atoms with Gasteiger partial charge in [-0.15, -0.1) is 0 Å². The van der Waals surface area contributed by atoms with Gasteiger partial charge in [0, 0.05) is 62.1 Å². The fraction of sp³-hybridized carbons (Fsp3) is 0.229. The summed E-state index contributed by atoms with van der Waals surface area (Å²) in [6.07, 6.45) is -22.1. The number of methoxy groups -OCH3 is 2. The summed E-state index contributed by atoms with van der Waals surface area (Å²) in [7, 11) is 2.75. The molecule has 0 N–H and O–H groups in total. The Balaban J connectivity index is 1.07. The molecule has 1 aromatic heterocycles. The number of carbonyl (C=O) groups excluding carboxylic acids is 5. The van der Waals surface area contributed by atoms with Crippen LogP contribution in [0.25, 0.3) is 49.7 Å². The maximum Gasteiger partial charge on any atom is 0.495 e. The van der Waals surface area contributed by atoms with Crippen LogP contribution in [0.3, 0.4) is 0 Å². The summed E-state index contributed by atoms with van der Waals surface area (Å²) < 4.78 is 226. The van der Waals surface area contributed by atoms with E-state index in [-0.39, 0.29) is 163 Å². The van der Waals surface area contributed by atoms with E-state index < -0.39 is 105 Å². The van der Waals surface area contributed by atoms with Gasteiger partial charge in [0.2, 0.25) is 6.41 Å². The van der Waals surface area contributed by atoms with E-state index in [9.17, 15) is 71.9 Å². The first-order chi connectivity index (χ1) is 46.1. The fourth-order valence-electron chi connectivity index (χ4n) is 12.1. The number of aromatic nitrogens is 1. The van der Waals surface area contributed by atoms with Crippen molar-refractivity contribution in [2.24, 2.45) is 4.99 Å². The first-order valence-electron chi connectivity index (χ1n) is 29.5. The number of carbonyl (C=O) groups is 5. The average Bonchev–Trinajstić information content (AvgIpc) is 0.818. The summed E-state index contributed by atoms with van der Waals surface area (Å²) in [6.45, 7) is 10.7. The Labute approximate surface area is 549 Å². The number of para-hydroxylation sites is 1. The largest absolute Gasteiger partial charge is 0.496 e. The number of halogens is 13. The van der Waals surface area contributed by atoms with Crippen LogP contribution in [0.5, 0.6) is 28.7 Å². The summed E-state index contributed by atoms with van der Waals surface area (Å²) in [6, 6.07) is 16.1. The van der Waals surface area contributed by atoms with Crippen LogP contribution in [-0.2, 0) is 55.0 Å². The Kier molecular flexibility index (Phi) is 18.9. The predicted molar refractivity (Wildman–Crippen MR) is 334 cm³/mol. The number of ether oxygens (including phenoxy) is 6. The van der Waals surface area contributed by atoms with Gasteiger partial charge in [-0.25, -0.2) is 14.5 Å². The summed E-state index contributed by atoms with van der Waals surface area (Å²) >= 11 is 0. The zero-order valence-corrected chi connectivity index (χ0v) is 52.9. The number of esters is 3. The number of allylic oxidation sites excluding steroid dienone is 1. The normalized spacial score (nSPS) is 13.6. The SMILES string of the molecule is CCOC(=O)C1=C(C)/C(=C(\c2c(OC)cc(OC(=O)Cc3ccc(N(C=O)C(=O)c4cc(-c5cc(C(F)(F)F)cc(C(F)(F)F)c5)c5c6c(c(-c7cc(C(F)(F)F)cc(C(F)(F)F)c7)cc(C)c46)-c4ccccc4O5)cc3)cc2OC)c2c(C)c(C(=O)OCC)c(C)n2[B]F)N=C1C. The molecule has 0 saturated heterocycles. The van der Waals surface area contributed by atoms with Crippen molar-refractivity contribution in [2.45, 2.75) is 79.6 Å². The van der Waals surface area contributed by atoms with Crippen molar-refractivity contribution >= 4 is 65.7 Å². The number of amides is 2. The van der Waals surface area contributed by atoms with Gasteiger partial charge in [0.05, 0.1) is 89.9 Å². The molecule has 2 amide bonds. The van der Waals surface area contributed by atoms with Crippen molar-refractivity contribution in [3.05, 3.63) is 193 Å². The molecule has 0 atom stereocenters. The topological polar surface area (TPSA) is 161 Å². The number of hydrogen-bond donors (Lipinski definition) is 0. The minimum atomic E-state index is -5.44. The van der Waals surface area contributed by atoms with E-state index in [1.165, 1.54) is 88.7 Å². The molecule has 3 heterocycles. The van der Waals surface area contributed by atoms with Gasteiger partial charge in [-0.05, 0) is 148 Å². The predicted octanol–water partition coefficient (Wildman–Crippen LogP) is 17.4. The first kappa shape index (κ1) is 70.1. The van der Waals surface area contributed by atoms with Crippen molar-refractivity contribution in [1.82, 2.24) is 4.48 Å². The van der Waals surface area contributed by atoms with E-state index in [4.69, 9.17) is 33.4 Å². The summed E-state index contributed by atoms with van der Waals surface area (Å²) in [5, 5.41) is -0.610. The van der Waals surface area contributed by atoms with Crippen LogP contribution < -0.4 is 23.8 Å². The van der Waals surface area contributed by atoms with Crippen molar-refractivity contribution in [1.29, 1.82) is 0 Å². The molecule has 98 heavy (non-hydrogen) atoms. The standard InChI is InChI=1S/C70H52BF13N3O11/c1-10-95-65(91)55-33(4)61(85-35(55)6)60(62-34(5)56(66(92)96-11-2)36(7)87(62)71-84)58-51(93-8)28-45(29-52(58)94-9)97-53(89)21-37-16-18-44(19-17-37)86(31-88)64(90)49-30-48(39-24-42(69(78,79)80)27-43(25-39)70(81,82)83)63-59-54(49)32(3)20-47(57(59)46-14-12-13-15-50(46)98-63)38-22-40(67(72,73)74)26-41(23-38)68(75,76)77/h12-20,22-31H,10-11,21H2,1-9H3/b61-60-. The van der Waals surface area contributed by atoms with Crippen LogP contribution in [0.2, 0.25) is 0 Å². The maximum atomic E-state index is 15.4. The molecule has 0 aliphatic carbocycles. The zero-order valence-electron chi connectivity index (χ0n) is 52.9. The van der Waals surface area contributed by atoms with Crippen LogP contribution in [0.1, 0.15) is 104 Å². The maximum absolute atomic E-state index is 15.4. The lowest BCUT2D eigenvalue weighted by Gasteiger charge is -2.29. The molecule has 507 valence electrons. The number of fused-ring (bicyclic) bond motifs is 2. The van der Waals surface area contributed by atoms with Gasteiger partial charge in [-0.2, -0.15) is 52.7 Å². The van der Waals surface area contributed by atoms with Crippen molar-refractivity contribution in [2.75, 3.05) is 32.3 Å². The second-order valence-corrected chi connectivity index (χ2v) is 22.4. The number of aliphatic imine (C=N–C) groups is 1. The van der Waals surface area contributed by atoms with Crippen molar-refractivity contribution < 1.29 is 109 Å². The molecule has 7 aromatic carbocycles. The Morgan fingerprint density at radius 1 is 0.633 bits per heavy atom. The number of alkyl halides is 12. The van der Waals surface area contributed by atoms with Gasteiger partial charge in [0.1, 0.15) is 28.7 Å². The molecule has 8 aromatic rings. The Bertz CT molecular complexity index is 4660. The van der Waals surface area contributed by atoms with Crippen LogP contribution in [0.4, 0.5) is 62.7 Å². The van der Waals surface area contributed by atoms with Gasteiger partial charge in [0.15, 0.2) is 0 Å². The molecule has 1 radical (unpaired) electrons. The third-order valence-corrected chi connectivity index (χ3v) is 16.4. The van der Waals surface area contributed by atoms with Gasteiger partial charge in [-0.3, -0.25) is 19.4 Å². The molecule has 0 saturated carbocycles. The number of aryl methyl sites for hydroxylation is 1. The molecule has 0 spiro atoms. The number of hydrogen-bond acceptors (Lipinski definition) is 12. The van der Waals surface area contributed by atoms with E-state index in [0.29, 0.717) is 29.2 Å². The minimum Gasteiger partial charge on any atom is -0.496 e. The van der Waals surface area contributed by atoms with Crippen LogP contribution in [0.15, 0.2) is 131 Å². The van der Waals surface area contributed by atoms with Gasteiger partial charge < -0.3 is 37.2 Å². The molecule has 0 bridgehead atoms. The Morgan fingerprint density at radius 3 is 1.67 bits per heavy atom. The summed E-state index contributed by atoms with van der Waals surface area (Å²) in [5.74, 6) is -4.80. The van der Waals surface area contributed by atoms with E-state index in [2.05, 4.69) is 0 Å². The molecular weight excluding hydrogens is 1320 g/mol. The lowest BCUT2D eigenvalue weighted by atomic mass is 9.81. The highest BCUT2D eigenvalue weighted by Crippen LogP contribution is 2.57. The Morgan fingerprint density at radius 2 is 1.16 bits per heavy atom. The second-order valence-electron chi connectivity index (χ2n) is 22.4. The second kappa shape index (κ2) is 26.4. The Hall–Kier alpha value is -10.7. The van der Waals surface area contributed by atoms with Crippen LogP contribution >= 0.6 is 0 Å². The van der Waals surface area contributed by atoms with Crippen LogP contribution in [0, 0.1) is 20.8 Å². The highest BCUT2D eigenvalue weighted by molar-refractivity contribution is 6.28. The smallest absolute Gasteiger partial charge is 0.495 e. The van der Waals surface area contributed by atoms with E-state index >= 15 is 9.11 Å². The quantitative estimate of drug-likeness (QED) is 0.0280. The van der Waals surface area contributed by atoms with Gasteiger partial charge in [0.25, 0.3) is 5.91 Å². The van der Waals surface area contributed by atoms with Crippen LogP contribution in [-0.4, -0.2) is 75.5 Å². The van der Waals surface area contributed by atoms with E-state index in [1.54, 1.807) is 34.6 Å². The number of anilines is 1. The molecule has 0 unspecified atom stereocenters. The highest BCUT2D eigenvalue weighted by atomic mass is 19.4. The fourth-order valence-corrected chi connectivity index (χ4v) is 12.1. The molecular formula is C70H52BF13N3O11. The first-order valence-corrected chi connectivity index (χ1v) is 29.5. The third-order valence-electron chi connectivity index (χ3n) is 16.4. The lowest BCUT2D eigenvalue weighted by molar-refractivity contribution is -0.144. The average molecular weight is 1370 g/mol.